The monoisotopic (exact) mass is 376 g/mol. The van der Waals surface area contributed by atoms with Gasteiger partial charge in [-0.05, 0) is 46.5 Å². The number of anilines is 1. The van der Waals surface area contributed by atoms with Gasteiger partial charge in [0.1, 0.15) is 11.4 Å². The Kier molecular flexibility index (Phi) is 5.01. The molecule has 8 nitrogen and oxygen atoms in total. The van der Waals surface area contributed by atoms with E-state index in [9.17, 15) is 9.59 Å². The predicted octanol–water partition coefficient (Wildman–Crippen LogP) is 2.63. The maximum atomic E-state index is 12.6. The Morgan fingerprint density at radius 2 is 1.96 bits per heavy atom. The van der Waals surface area contributed by atoms with Gasteiger partial charge in [-0.3, -0.25) is 0 Å². The van der Waals surface area contributed by atoms with E-state index in [-0.39, 0.29) is 23.4 Å². The second kappa shape index (κ2) is 6.98. The molecule has 1 atom stereocenters. The second-order valence-electron chi connectivity index (χ2n) is 8.37. The molecule has 0 N–H and O–H groups in total. The van der Waals surface area contributed by atoms with Crippen molar-refractivity contribution in [1.82, 2.24) is 14.9 Å². The van der Waals surface area contributed by atoms with Crippen LogP contribution in [0.5, 0.6) is 0 Å². The average Bonchev–Trinajstić information content (AvgIpc) is 3.38. The molecule has 8 heteroatoms. The Labute approximate surface area is 159 Å². The lowest BCUT2D eigenvalue weighted by Gasteiger charge is -2.43. The molecule has 1 spiro atoms. The first-order valence-electron chi connectivity index (χ1n) is 9.29. The molecule has 1 aliphatic heterocycles. The molecule has 1 aliphatic carbocycles. The summed E-state index contributed by atoms with van der Waals surface area (Å²) < 4.78 is 10.2. The highest BCUT2D eigenvalue weighted by atomic mass is 16.6. The maximum Gasteiger partial charge on any atom is 0.410 e. The SMILES string of the molecule is COC(=O)c1cnc(N(C)C2CCN(C(=O)OC(C)(C)C)C3(CC3)C2)cn1. The van der Waals surface area contributed by atoms with E-state index < -0.39 is 11.6 Å². The Morgan fingerprint density at radius 3 is 2.48 bits per heavy atom. The molecule has 1 aromatic rings. The standard InChI is InChI=1S/C19H28N4O4/c1-18(2,3)27-17(25)23-9-6-13(10-19(23)7-8-19)22(4)15-12-20-14(11-21-15)16(24)26-5/h11-13H,6-10H2,1-5H3. The number of likely N-dealkylation sites (tertiary alicyclic amines) is 1. The summed E-state index contributed by atoms with van der Waals surface area (Å²) in [6.07, 6.45) is 6.52. The van der Waals surface area contributed by atoms with Crippen molar-refractivity contribution in [2.45, 2.75) is 63.6 Å². The highest BCUT2D eigenvalue weighted by Gasteiger charge is 2.55. The number of aromatic nitrogens is 2. The molecule has 1 aromatic heterocycles. The van der Waals surface area contributed by atoms with Gasteiger partial charge in [0.15, 0.2) is 5.69 Å². The molecule has 2 aliphatic rings. The zero-order valence-electron chi connectivity index (χ0n) is 16.7. The molecule has 0 radical (unpaired) electrons. The first kappa shape index (κ1) is 19.4. The van der Waals surface area contributed by atoms with Crippen molar-refractivity contribution in [1.29, 1.82) is 0 Å². The predicted molar refractivity (Wildman–Crippen MR) is 99.7 cm³/mol. The van der Waals surface area contributed by atoms with E-state index in [1.165, 1.54) is 13.3 Å². The molecule has 3 rings (SSSR count). The molecule has 0 bridgehead atoms. The summed E-state index contributed by atoms with van der Waals surface area (Å²) in [6.45, 7) is 6.34. The molecule has 1 saturated carbocycles. The van der Waals surface area contributed by atoms with Crippen molar-refractivity contribution in [2.75, 3.05) is 25.6 Å². The van der Waals surface area contributed by atoms with Gasteiger partial charge >= 0.3 is 12.1 Å². The van der Waals surface area contributed by atoms with Gasteiger partial charge in [0.05, 0.1) is 19.5 Å². The van der Waals surface area contributed by atoms with Crippen molar-refractivity contribution in [3.63, 3.8) is 0 Å². The lowest BCUT2D eigenvalue weighted by Crippen LogP contribution is -2.54. The van der Waals surface area contributed by atoms with Crippen LogP contribution in [-0.2, 0) is 9.47 Å². The van der Waals surface area contributed by atoms with E-state index in [1.807, 2.05) is 32.7 Å². The van der Waals surface area contributed by atoms with E-state index in [0.29, 0.717) is 12.4 Å². The van der Waals surface area contributed by atoms with Crippen molar-refractivity contribution >= 4 is 17.9 Å². The normalized spacial score (nSPS) is 20.9. The summed E-state index contributed by atoms with van der Waals surface area (Å²) in [4.78, 5) is 36.6. The fourth-order valence-electron chi connectivity index (χ4n) is 3.62. The molecule has 148 valence electrons. The zero-order valence-corrected chi connectivity index (χ0v) is 16.7. The van der Waals surface area contributed by atoms with Crippen molar-refractivity contribution in [3.05, 3.63) is 18.1 Å². The Bertz CT molecular complexity index is 709. The van der Waals surface area contributed by atoms with Gasteiger partial charge in [-0.2, -0.15) is 0 Å². The van der Waals surface area contributed by atoms with Gasteiger partial charge in [0.2, 0.25) is 0 Å². The van der Waals surface area contributed by atoms with Gasteiger partial charge in [-0.15, -0.1) is 0 Å². The van der Waals surface area contributed by atoms with Crippen LogP contribution in [0.4, 0.5) is 10.6 Å². The van der Waals surface area contributed by atoms with Crippen LogP contribution >= 0.6 is 0 Å². The quantitative estimate of drug-likeness (QED) is 0.750. The van der Waals surface area contributed by atoms with Crippen LogP contribution < -0.4 is 4.90 Å². The number of esters is 1. The van der Waals surface area contributed by atoms with Gasteiger partial charge in [-0.25, -0.2) is 19.6 Å². The smallest absolute Gasteiger partial charge is 0.410 e. The van der Waals surface area contributed by atoms with Gasteiger partial charge in [-0.1, -0.05) is 0 Å². The number of carbonyl (C=O) groups is 2. The van der Waals surface area contributed by atoms with Gasteiger partial charge in [0, 0.05) is 25.2 Å². The van der Waals surface area contributed by atoms with Crippen LogP contribution in [0.15, 0.2) is 12.4 Å². The van der Waals surface area contributed by atoms with Gasteiger partial charge < -0.3 is 19.3 Å². The highest BCUT2D eigenvalue weighted by Crippen LogP contribution is 2.49. The largest absolute Gasteiger partial charge is 0.464 e. The van der Waals surface area contributed by atoms with Crippen LogP contribution in [0, 0.1) is 0 Å². The first-order valence-corrected chi connectivity index (χ1v) is 9.29. The van der Waals surface area contributed by atoms with E-state index in [1.54, 1.807) is 6.20 Å². The molecule has 1 unspecified atom stereocenters. The Hall–Kier alpha value is -2.38. The number of methoxy groups -OCH3 is 1. The minimum absolute atomic E-state index is 0.0983. The summed E-state index contributed by atoms with van der Waals surface area (Å²) >= 11 is 0. The van der Waals surface area contributed by atoms with E-state index in [4.69, 9.17) is 4.74 Å². The second-order valence-corrected chi connectivity index (χ2v) is 8.37. The average molecular weight is 376 g/mol. The Morgan fingerprint density at radius 1 is 1.26 bits per heavy atom. The zero-order chi connectivity index (χ0) is 19.8. The number of piperidine rings is 1. The van der Waals surface area contributed by atoms with Crippen molar-refractivity contribution in [3.8, 4) is 0 Å². The number of hydrogen-bond acceptors (Lipinski definition) is 7. The van der Waals surface area contributed by atoms with Crippen LogP contribution in [-0.4, -0.2) is 64.8 Å². The molecule has 2 fully saturated rings. The Balaban J connectivity index is 1.67. The summed E-state index contributed by atoms with van der Waals surface area (Å²) in [7, 11) is 3.29. The van der Waals surface area contributed by atoms with Crippen LogP contribution in [0.1, 0.15) is 56.9 Å². The molecule has 0 aromatic carbocycles. The highest BCUT2D eigenvalue weighted by molar-refractivity contribution is 5.86. The third kappa shape index (κ3) is 4.14. The number of nitrogens with zero attached hydrogens (tertiary/aromatic N) is 4. The third-order valence-corrected chi connectivity index (χ3v) is 5.26. The minimum Gasteiger partial charge on any atom is -0.464 e. The third-order valence-electron chi connectivity index (χ3n) is 5.26. The van der Waals surface area contributed by atoms with E-state index >= 15 is 0 Å². The lowest BCUT2D eigenvalue weighted by molar-refractivity contribution is 0.00385. The number of amides is 1. The minimum atomic E-state index is -0.501. The maximum absolute atomic E-state index is 12.6. The van der Waals surface area contributed by atoms with Crippen molar-refractivity contribution in [2.24, 2.45) is 0 Å². The molecule has 2 heterocycles. The van der Waals surface area contributed by atoms with Crippen LogP contribution in [0.25, 0.3) is 0 Å². The fourth-order valence-corrected chi connectivity index (χ4v) is 3.62. The first-order chi connectivity index (χ1) is 12.6. The van der Waals surface area contributed by atoms with Crippen LogP contribution in [0.2, 0.25) is 0 Å². The molecular weight excluding hydrogens is 348 g/mol. The number of hydrogen-bond donors (Lipinski definition) is 0. The fraction of sp³-hybridized carbons (Fsp3) is 0.684. The molecule has 1 saturated heterocycles. The van der Waals surface area contributed by atoms with Crippen LogP contribution in [0.3, 0.4) is 0 Å². The number of rotatable bonds is 3. The molecule has 27 heavy (non-hydrogen) atoms. The molecular formula is C19H28N4O4. The summed E-state index contributed by atoms with van der Waals surface area (Å²) in [5, 5.41) is 0. The summed E-state index contributed by atoms with van der Waals surface area (Å²) in [6, 6.07) is 0.254. The van der Waals surface area contributed by atoms with E-state index in [0.717, 1.165) is 25.7 Å². The topological polar surface area (TPSA) is 84.9 Å². The molecule has 1 amide bonds. The van der Waals surface area contributed by atoms with Crippen molar-refractivity contribution < 1.29 is 19.1 Å². The summed E-state index contributed by atoms with van der Waals surface area (Å²) in [5.41, 5.74) is -0.399. The van der Waals surface area contributed by atoms with E-state index in [2.05, 4.69) is 19.6 Å². The summed E-state index contributed by atoms with van der Waals surface area (Å²) in [5.74, 6) is 0.202. The number of carbonyl (C=O) groups excluding carboxylic acids is 2. The van der Waals surface area contributed by atoms with Gasteiger partial charge in [0.25, 0.3) is 0 Å². The number of ether oxygens (including phenoxy) is 2. The lowest BCUT2D eigenvalue weighted by atomic mass is 9.94.